The van der Waals surface area contributed by atoms with Crippen LogP contribution in [-0.4, -0.2) is 53.7 Å². The number of imidazole rings is 1. The van der Waals surface area contributed by atoms with Gasteiger partial charge < -0.3 is 19.5 Å². The quantitative estimate of drug-likeness (QED) is 0.789. The van der Waals surface area contributed by atoms with Crippen LogP contribution in [0.4, 0.5) is 0 Å². The van der Waals surface area contributed by atoms with Crippen LogP contribution < -0.4 is 5.32 Å². The Morgan fingerprint density at radius 3 is 3.04 bits per heavy atom. The molecule has 1 aliphatic rings. The van der Waals surface area contributed by atoms with Crippen LogP contribution in [0.1, 0.15) is 31.6 Å². The molecule has 3 rings (SSSR count). The summed E-state index contributed by atoms with van der Waals surface area (Å²) in [5.74, 6) is 1.16. The highest BCUT2D eigenvalue weighted by Gasteiger charge is 2.33. The van der Waals surface area contributed by atoms with E-state index < -0.39 is 0 Å². The summed E-state index contributed by atoms with van der Waals surface area (Å²) in [5, 5.41) is 3.15. The normalized spacial score (nSPS) is 17.8. The molecule has 2 aromatic rings. The summed E-state index contributed by atoms with van der Waals surface area (Å²) >= 11 is 0. The van der Waals surface area contributed by atoms with Crippen molar-refractivity contribution in [2.24, 2.45) is 0 Å². The number of carbonyl (C=O) groups excluding carboxylic acids is 1. The number of carbonyl (C=O) groups is 1. The first-order valence-corrected chi connectivity index (χ1v) is 8.70. The van der Waals surface area contributed by atoms with Crippen LogP contribution in [0.15, 0.2) is 24.3 Å². The fourth-order valence-corrected chi connectivity index (χ4v) is 3.49. The number of nitrogens with one attached hydrogen (secondary N) is 1. The Morgan fingerprint density at radius 1 is 1.42 bits per heavy atom. The van der Waals surface area contributed by atoms with Crippen LogP contribution in [-0.2, 0) is 16.1 Å². The first-order chi connectivity index (χ1) is 11.8. The molecule has 1 N–H and O–H groups in total. The minimum absolute atomic E-state index is 0.0778. The molecule has 6 nitrogen and oxygen atoms in total. The Bertz CT molecular complexity index is 697. The number of methoxy groups -OCH3 is 1. The molecule has 1 aromatic carbocycles. The number of hydrogen-bond acceptors (Lipinski definition) is 4. The molecule has 0 spiro atoms. The summed E-state index contributed by atoms with van der Waals surface area (Å²) in [5.41, 5.74) is 2.15. The number of benzene rings is 1. The second-order valence-corrected chi connectivity index (χ2v) is 6.12. The van der Waals surface area contributed by atoms with Crippen molar-refractivity contribution in [2.45, 2.75) is 32.4 Å². The number of para-hydroxylation sites is 2. The third-order valence-corrected chi connectivity index (χ3v) is 4.63. The van der Waals surface area contributed by atoms with Crippen molar-refractivity contribution in [1.82, 2.24) is 19.8 Å². The molecule has 1 fully saturated rings. The average molecular weight is 330 g/mol. The van der Waals surface area contributed by atoms with Crippen molar-refractivity contribution in [3.05, 3.63) is 30.1 Å². The van der Waals surface area contributed by atoms with Gasteiger partial charge in [0.1, 0.15) is 5.82 Å². The Balaban J connectivity index is 1.79. The topological polar surface area (TPSA) is 59.4 Å². The molecule has 1 saturated heterocycles. The third kappa shape index (κ3) is 3.30. The zero-order valence-electron chi connectivity index (χ0n) is 14.5. The van der Waals surface area contributed by atoms with Gasteiger partial charge in [0.25, 0.3) is 0 Å². The maximum Gasteiger partial charge on any atom is 0.237 e. The molecule has 1 aromatic heterocycles. The van der Waals surface area contributed by atoms with Gasteiger partial charge in [0, 0.05) is 26.7 Å². The van der Waals surface area contributed by atoms with Crippen LogP contribution in [0.5, 0.6) is 0 Å². The molecule has 130 valence electrons. The highest BCUT2D eigenvalue weighted by molar-refractivity contribution is 5.80. The van der Waals surface area contributed by atoms with Gasteiger partial charge in [-0.15, -0.1) is 0 Å². The van der Waals surface area contributed by atoms with Crippen LogP contribution in [0.3, 0.4) is 0 Å². The molecule has 2 heterocycles. The lowest BCUT2D eigenvalue weighted by molar-refractivity contribution is -0.131. The van der Waals surface area contributed by atoms with E-state index in [4.69, 9.17) is 9.72 Å². The summed E-state index contributed by atoms with van der Waals surface area (Å²) in [4.78, 5) is 19.4. The molecule has 1 amide bonds. The maximum atomic E-state index is 12.6. The van der Waals surface area contributed by atoms with Crippen LogP contribution in [0.2, 0.25) is 0 Å². The lowest BCUT2D eigenvalue weighted by atomic mass is 10.2. The van der Waals surface area contributed by atoms with Gasteiger partial charge in [0.2, 0.25) is 5.91 Å². The fourth-order valence-electron chi connectivity index (χ4n) is 3.49. The number of likely N-dealkylation sites (tertiary alicyclic amines) is 1. The van der Waals surface area contributed by atoms with E-state index in [9.17, 15) is 4.79 Å². The number of hydrogen-bond donors (Lipinski definition) is 1. The van der Waals surface area contributed by atoms with Crippen molar-refractivity contribution >= 4 is 16.9 Å². The van der Waals surface area contributed by atoms with Crippen LogP contribution >= 0.6 is 0 Å². The third-order valence-electron chi connectivity index (χ3n) is 4.63. The molecule has 0 bridgehead atoms. The Kier molecular flexibility index (Phi) is 5.48. The van der Waals surface area contributed by atoms with Gasteiger partial charge in [-0.1, -0.05) is 12.1 Å². The summed E-state index contributed by atoms with van der Waals surface area (Å²) < 4.78 is 7.24. The van der Waals surface area contributed by atoms with E-state index in [2.05, 4.69) is 22.9 Å². The van der Waals surface area contributed by atoms with E-state index in [0.29, 0.717) is 19.7 Å². The lowest BCUT2D eigenvalue weighted by Gasteiger charge is -2.25. The number of nitrogens with zero attached hydrogens (tertiary/aromatic N) is 3. The van der Waals surface area contributed by atoms with Gasteiger partial charge in [-0.05, 0) is 31.9 Å². The van der Waals surface area contributed by atoms with Crippen molar-refractivity contribution in [1.29, 1.82) is 0 Å². The summed E-state index contributed by atoms with van der Waals surface area (Å²) in [6, 6.07) is 8.27. The molecular weight excluding hydrogens is 304 g/mol. The smallest absolute Gasteiger partial charge is 0.237 e. The minimum Gasteiger partial charge on any atom is -0.383 e. The zero-order valence-corrected chi connectivity index (χ0v) is 14.5. The van der Waals surface area contributed by atoms with Crippen molar-refractivity contribution in [3.63, 3.8) is 0 Å². The van der Waals surface area contributed by atoms with E-state index in [0.717, 1.165) is 42.8 Å². The van der Waals surface area contributed by atoms with Crippen LogP contribution in [0.25, 0.3) is 11.0 Å². The van der Waals surface area contributed by atoms with Gasteiger partial charge in [-0.2, -0.15) is 0 Å². The van der Waals surface area contributed by atoms with Gasteiger partial charge >= 0.3 is 0 Å². The number of aromatic nitrogens is 2. The van der Waals surface area contributed by atoms with Crippen molar-refractivity contribution in [3.8, 4) is 0 Å². The molecule has 1 atom stereocenters. The first-order valence-electron chi connectivity index (χ1n) is 8.70. The van der Waals surface area contributed by atoms with E-state index in [1.807, 2.05) is 23.1 Å². The van der Waals surface area contributed by atoms with Crippen molar-refractivity contribution in [2.75, 3.05) is 33.4 Å². The highest BCUT2D eigenvalue weighted by atomic mass is 16.5. The van der Waals surface area contributed by atoms with Gasteiger partial charge in [-0.25, -0.2) is 4.98 Å². The molecule has 0 aliphatic carbocycles. The number of amides is 1. The number of ether oxygens (including phenoxy) is 1. The Morgan fingerprint density at radius 2 is 2.25 bits per heavy atom. The largest absolute Gasteiger partial charge is 0.383 e. The number of fused-ring (bicyclic) bond motifs is 1. The molecule has 24 heavy (non-hydrogen) atoms. The lowest BCUT2D eigenvalue weighted by Crippen LogP contribution is -2.39. The van der Waals surface area contributed by atoms with Gasteiger partial charge in [0.15, 0.2) is 0 Å². The molecule has 1 unspecified atom stereocenters. The molecule has 1 aliphatic heterocycles. The molecule has 6 heteroatoms. The monoisotopic (exact) mass is 330 g/mol. The molecular formula is C18H26N4O2. The SMILES string of the molecule is CCn1c(C2CCCN2C(=O)CNCCOC)nc2ccccc21. The fraction of sp³-hybridized carbons (Fsp3) is 0.556. The van der Waals surface area contributed by atoms with E-state index in [1.165, 1.54) is 0 Å². The summed E-state index contributed by atoms with van der Waals surface area (Å²) in [6.07, 6.45) is 2.01. The molecule has 0 radical (unpaired) electrons. The van der Waals surface area contributed by atoms with Gasteiger partial charge in [-0.3, -0.25) is 4.79 Å². The van der Waals surface area contributed by atoms with Crippen LogP contribution in [0, 0.1) is 0 Å². The zero-order chi connectivity index (χ0) is 16.9. The predicted octanol–water partition coefficient (Wildman–Crippen LogP) is 1.96. The summed E-state index contributed by atoms with van der Waals surface area (Å²) in [7, 11) is 1.66. The maximum absolute atomic E-state index is 12.6. The Hall–Kier alpha value is -1.92. The van der Waals surface area contributed by atoms with Gasteiger partial charge in [0.05, 0.1) is 30.2 Å². The second-order valence-electron chi connectivity index (χ2n) is 6.12. The molecule has 0 saturated carbocycles. The minimum atomic E-state index is 0.0778. The number of aryl methyl sites for hydroxylation is 1. The van der Waals surface area contributed by atoms with Crippen molar-refractivity contribution < 1.29 is 9.53 Å². The number of rotatable bonds is 7. The predicted molar refractivity (Wildman–Crippen MR) is 93.8 cm³/mol. The van der Waals surface area contributed by atoms with E-state index in [1.54, 1.807) is 7.11 Å². The van der Waals surface area contributed by atoms with E-state index >= 15 is 0 Å². The first kappa shape index (κ1) is 16.9. The average Bonchev–Trinajstić information content (AvgIpc) is 3.22. The Labute approximate surface area is 142 Å². The van der Waals surface area contributed by atoms with E-state index in [-0.39, 0.29) is 11.9 Å². The highest BCUT2D eigenvalue weighted by Crippen LogP contribution is 2.33. The summed E-state index contributed by atoms with van der Waals surface area (Å²) in [6.45, 7) is 5.46. The standard InChI is InChI=1S/C18H26N4O2/c1-3-21-15-8-5-4-7-14(15)20-18(21)16-9-6-11-22(16)17(23)13-19-10-12-24-2/h4-5,7-8,16,19H,3,6,9-13H2,1-2H3. The second kappa shape index (κ2) is 7.77.